The number of nitrogens with one attached hydrogen (secondary N) is 1. The number of carbonyl (C=O) groups excluding carboxylic acids is 1. The molecule has 2 heterocycles. The summed E-state index contributed by atoms with van der Waals surface area (Å²) in [6.07, 6.45) is 3.51. The van der Waals surface area contributed by atoms with Crippen LogP contribution in [-0.2, 0) is 7.05 Å². The van der Waals surface area contributed by atoms with Crippen molar-refractivity contribution >= 4 is 11.6 Å². The number of nitro benzene ring substituents is 1. The minimum atomic E-state index is -0.465. The van der Waals surface area contributed by atoms with Gasteiger partial charge in [0.05, 0.1) is 22.3 Å². The van der Waals surface area contributed by atoms with Crippen molar-refractivity contribution in [1.82, 2.24) is 24.9 Å². The second-order valence-corrected chi connectivity index (χ2v) is 5.96. The number of non-ortho nitro benzene ring substituents is 1. The van der Waals surface area contributed by atoms with Gasteiger partial charge >= 0.3 is 0 Å². The zero-order chi connectivity index (χ0) is 18.8. The van der Waals surface area contributed by atoms with E-state index in [1.54, 1.807) is 29.1 Å². The molecule has 3 rings (SSSR count). The third-order valence-corrected chi connectivity index (χ3v) is 4.01. The fraction of sp³-hybridized carbons (Fsp3) is 0.235. The molecule has 3 aromatic rings. The predicted molar refractivity (Wildman–Crippen MR) is 94.0 cm³/mol. The number of benzene rings is 1. The van der Waals surface area contributed by atoms with Crippen LogP contribution in [-0.4, -0.2) is 30.4 Å². The van der Waals surface area contributed by atoms with Crippen molar-refractivity contribution in [1.29, 1.82) is 0 Å². The maximum absolute atomic E-state index is 12.4. The molecule has 0 fully saturated rings. The first-order chi connectivity index (χ1) is 12.3. The van der Waals surface area contributed by atoms with Gasteiger partial charge in [-0.25, -0.2) is 4.68 Å². The number of aromatic nitrogens is 4. The van der Waals surface area contributed by atoms with Crippen LogP contribution >= 0.6 is 0 Å². The summed E-state index contributed by atoms with van der Waals surface area (Å²) in [5.41, 5.74) is 2.69. The Kier molecular flexibility index (Phi) is 4.53. The van der Waals surface area contributed by atoms with E-state index in [1.807, 2.05) is 27.1 Å². The lowest BCUT2D eigenvalue weighted by atomic mass is 10.1. The maximum Gasteiger partial charge on any atom is 0.272 e. The Hall–Kier alpha value is -3.49. The Morgan fingerprint density at radius 1 is 1.23 bits per heavy atom. The highest BCUT2D eigenvalue weighted by molar-refractivity contribution is 5.92. The van der Waals surface area contributed by atoms with Crippen LogP contribution in [0.2, 0.25) is 0 Å². The molecular weight excluding hydrogens is 336 g/mol. The molecule has 0 spiro atoms. The van der Waals surface area contributed by atoms with Gasteiger partial charge in [-0.1, -0.05) is 0 Å². The smallest absolute Gasteiger partial charge is 0.272 e. The van der Waals surface area contributed by atoms with Crippen LogP contribution in [0.3, 0.4) is 0 Å². The highest BCUT2D eigenvalue weighted by Gasteiger charge is 2.17. The van der Waals surface area contributed by atoms with Crippen molar-refractivity contribution < 1.29 is 9.72 Å². The van der Waals surface area contributed by atoms with Crippen molar-refractivity contribution in [2.24, 2.45) is 7.05 Å². The van der Waals surface area contributed by atoms with Crippen LogP contribution in [0.4, 0.5) is 5.69 Å². The molecule has 0 saturated carbocycles. The van der Waals surface area contributed by atoms with E-state index in [0.717, 1.165) is 11.3 Å². The second kappa shape index (κ2) is 6.79. The van der Waals surface area contributed by atoms with E-state index >= 15 is 0 Å². The van der Waals surface area contributed by atoms with Gasteiger partial charge in [0.25, 0.3) is 11.6 Å². The summed E-state index contributed by atoms with van der Waals surface area (Å²) >= 11 is 0. The van der Waals surface area contributed by atoms with Gasteiger partial charge in [-0.3, -0.25) is 19.6 Å². The van der Waals surface area contributed by atoms with Gasteiger partial charge in [0.15, 0.2) is 5.69 Å². The second-order valence-electron chi connectivity index (χ2n) is 5.96. The summed E-state index contributed by atoms with van der Waals surface area (Å²) in [6.45, 7) is 3.77. The molecule has 2 aromatic heterocycles. The molecule has 9 heteroatoms. The van der Waals surface area contributed by atoms with E-state index in [4.69, 9.17) is 0 Å². The number of carbonyl (C=O) groups is 1. The van der Waals surface area contributed by atoms with Crippen molar-refractivity contribution in [2.45, 2.75) is 19.9 Å². The minimum Gasteiger partial charge on any atom is -0.344 e. The van der Waals surface area contributed by atoms with Gasteiger partial charge in [-0.05, 0) is 32.0 Å². The average molecular weight is 354 g/mol. The first kappa shape index (κ1) is 17.3. The minimum absolute atomic E-state index is 0.000428. The molecule has 0 bridgehead atoms. The van der Waals surface area contributed by atoms with E-state index in [2.05, 4.69) is 15.5 Å². The Morgan fingerprint density at radius 2 is 1.92 bits per heavy atom. The molecule has 1 amide bonds. The topological polar surface area (TPSA) is 108 Å². The van der Waals surface area contributed by atoms with Crippen LogP contribution in [0.15, 0.2) is 42.7 Å². The van der Waals surface area contributed by atoms with E-state index < -0.39 is 4.92 Å². The quantitative estimate of drug-likeness (QED) is 0.559. The van der Waals surface area contributed by atoms with E-state index in [-0.39, 0.29) is 23.3 Å². The lowest BCUT2D eigenvalue weighted by Gasteiger charge is -2.12. The number of hydrogen-bond donors (Lipinski definition) is 1. The molecule has 1 unspecified atom stereocenters. The number of rotatable bonds is 5. The maximum atomic E-state index is 12.4. The van der Waals surface area contributed by atoms with Gasteiger partial charge in [-0.15, -0.1) is 0 Å². The lowest BCUT2D eigenvalue weighted by Crippen LogP contribution is -2.27. The van der Waals surface area contributed by atoms with Crippen molar-refractivity contribution in [3.05, 3.63) is 69.8 Å². The first-order valence-corrected chi connectivity index (χ1v) is 7.96. The average Bonchev–Trinajstić information content (AvgIpc) is 3.21. The van der Waals surface area contributed by atoms with E-state index in [1.165, 1.54) is 16.8 Å². The lowest BCUT2D eigenvalue weighted by molar-refractivity contribution is -0.384. The van der Waals surface area contributed by atoms with Crippen LogP contribution in [0.25, 0.3) is 5.69 Å². The zero-order valence-corrected chi connectivity index (χ0v) is 14.6. The highest BCUT2D eigenvalue weighted by atomic mass is 16.6. The molecular formula is C17H18N6O3. The Bertz CT molecular complexity index is 957. The highest BCUT2D eigenvalue weighted by Crippen LogP contribution is 2.17. The van der Waals surface area contributed by atoms with Crippen LogP contribution in [0, 0.1) is 17.0 Å². The van der Waals surface area contributed by atoms with Crippen LogP contribution in [0.1, 0.15) is 34.7 Å². The summed E-state index contributed by atoms with van der Waals surface area (Å²) in [7, 11) is 1.83. The Balaban J connectivity index is 1.73. The number of nitrogens with zero attached hydrogens (tertiary/aromatic N) is 5. The van der Waals surface area contributed by atoms with E-state index in [9.17, 15) is 14.9 Å². The first-order valence-electron chi connectivity index (χ1n) is 7.96. The van der Waals surface area contributed by atoms with Crippen molar-refractivity contribution in [3.63, 3.8) is 0 Å². The molecule has 9 nitrogen and oxygen atoms in total. The number of amides is 1. The summed E-state index contributed by atoms with van der Waals surface area (Å²) < 4.78 is 3.20. The summed E-state index contributed by atoms with van der Waals surface area (Å²) in [6, 6.07) is 7.33. The summed E-state index contributed by atoms with van der Waals surface area (Å²) in [4.78, 5) is 22.7. The molecule has 0 aliphatic carbocycles. The monoisotopic (exact) mass is 354 g/mol. The molecule has 134 valence electrons. The molecule has 1 aromatic carbocycles. The molecule has 1 N–H and O–H groups in total. The molecule has 0 saturated heterocycles. The fourth-order valence-corrected chi connectivity index (χ4v) is 2.71. The predicted octanol–water partition coefficient (Wildman–Crippen LogP) is 2.31. The number of aryl methyl sites for hydroxylation is 2. The third kappa shape index (κ3) is 3.46. The van der Waals surface area contributed by atoms with E-state index in [0.29, 0.717) is 5.69 Å². The molecule has 1 atom stereocenters. The van der Waals surface area contributed by atoms with Crippen LogP contribution in [0.5, 0.6) is 0 Å². The number of nitro groups is 1. The van der Waals surface area contributed by atoms with Gasteiger partial charge in [0.2, 0.25) is 0 Å². The molecule has 0 radical (unpaired) electrons. The summed E-state index contributed by atoms with van der Waals surface area (Å²) in [5, 5.41) is 22.1. The standard InChI is InChI=1S/C17H18N6O3/c1-11(15-10-21(3)19-12(15)2)18-17(24)16-8-9-22(20-16)13-4-6-14(7-5-13)23(25)26/h4-11H,1-3H3,(H,18,24). The van der Waals surface area contributed by atoms with Crippen molar-refractivity contribution in [3.8, 4) is 5.69 Å². The number of hydrogen-bond acceptors (Lipinski definition) is 5. The fourth-order valence-electron chi connectivity index (χ4n) is 2.71. The molecule has 26 heavy (non-hydrogen) atoms. The summed E-state index contributed by atoms with van der Waals surface area (Å²) in [5.74, 6) is -0.304. The van der Waals surface area contributed by atoms with Gasteiger partial charge in [0, 0.05) is 37.1 Å². The Morgan fingerprint density at radius 3 is 2.50 bits per heavy atom. The van der Waals surface area contributed by atoms with Crippen molar-refractivity contribution in [2.75, 3.05) is 0 Å². The largest absolute Gasteiger partial charge is 0.344 e. The normalized spacial score (nSPS) is 12.0. The Labute approximate surface area is 149 Å². The third-order valence-electron chi connectivity index (χ3n) is 4.01. The van der Waals surface area contributed by atoms with Gasteiger partial charge < -0.3 is 5.32 Å². The zero-order valence-electron chi connectivity index (χ0n) is 14.6. The van der Waals surface area contributed by atoms with Gasteiger partial charge in [-0.2, -0.15) is 10.2 Å². The van der Waals surface area contributed by atoms with Crippen LogP contribution < -0.4 is 5.32 Å². The van der Waals surface area contributed by atoms with Gasteiger partial charge in [0.1, 0.15) is 0 Å². The molecule has 0 aliphatic rings. The SMILES string of the molecule is Cc1nn(C)cc1C(C)NC(=O)c1ccn(-c2ccc([N+](=O)[O-])cc2)n1. The molecule has 0 aliphatic heterocycles.